The summed E-state index contributed by atoms with van der Waals surface area (Å²) >= 11 is 3.48. The number of aliphatic hydroxyl groups is 1. The first kappa shape index (κ1) is 12.5. The maximum absolute atomic E-state index is 9.23. The Morgan fingerprint density at radius 2 is 2.13 bits per heavy atom. The van der Waals surface area contributed by atoms with Crippen molar-refractivity contribution in [1.29, 1.82) is 0 Å². The molecule has 0 radical (unpaired) electrons. The van der Waals surface area contributed by atoms with E-state index in [4.69, 9.17) is 0 Å². The first-order valence-electron chi connectivity index (χ1n) is 5.39. The number of hydrogen-bond acceptors (Lipinski definition) is 2. The van der Waals surface area contributed by atoms with E-state index >= 15 is 0 Å². The van der Waals surface area contributed by atoms with Gasteiger partial charge in [-0.05, 0) is 34.5 Å². The van der Waals surface area contributed by atoms with Gasteiger partial charge in [0, 0.05) is 16.2 Å². The van der Waals surface area contributed by atoms with Gasteiger partial charge in [0.15, 0.2) is 0 Å². The summed E-state index contributed by atoms with van der Waals surface area (Å²) in [6.07, 6.45) is 3.31. The SMILES string of the molecule is CCCCC(CO)Nc1ccccc1Br. The smallest absolute Gasteiger partial charge is 0.0632 e. The molecule has 0 heterocycles. The molecule has 0 saturated carbocycles. The van der Waals surface area contributed by atoms with Gasteiger partial charge in [-0.2, -0.15) is 0 Å². The van der Waals surface area contributed by atoms with Gasteiger partial charge < -0.3 is 10.4 Å². The Kier molecular flexibility index (Phi) is 5.73. The zero-order valence-corrected chi connectivity index (χ0v) is 10.6. The van der Waals surface area contributed by atoms with Crippen molar-refractivity contribution in [3.8, 4) is 0 Å². The highest BCUT2D eigenvalue weighted by Crippen LogP contribution is 2.22. The van der Waals surface area contributed by atoms with Gasteiger partial charge in [0.1, 0.15) is 0 Å². The molecule has 3 heteroatoms. The van der Waals surface area contributed by atoms with E-state index < -0.39 is 0 Å². The molecule has 0 spiro atoms. The Morgan fingerprint density at radius 3 is 2.73 bits per heavy atom. The molecule has 15 heavy (non-hydrogen) atoms. The van der Waals surface area contributed by atoms with Crippen LogP contribution < -0.4 is 5.32 Å². The quantitative estimate of drug-likeness (QED) is 0.831. The van der Waals surface area contributed by atoms with Gasteiger partial charge in [-0.25, -0.2) is 0 Å². The van der Waals surface area contributed by atoms with E-state index in [9.17, 15) is 5.11 Å². The van der Waals surface area contributed by atoms with E-state index in [2.05, 4.69) is 28.2 Å². The average molecular weight is 272 g/mol. The van der Waals surface area contributed by atoms with Crippen molar-refractivity contribution in [2.24, 2.45) is 0 Å². The Hall–Kier alpha value is -0.540. The number of aliphatic hydroxyl groups excluding tert-OH is 1. The lowest BCUT2D eigenvalue weighted by molar-refractivity contribution is 0.267. The molecule has 1 atom stereocenters. The lowest BCUT2D eigenvalue weighted by atomic mass is 10.1. The molecule has 2 nitrogen and oxygen atoms in total. The van der Waals surface area contributed by atoms with Gasteiger partial charge in [-0.15, -0.1) is 0 Å². The Bertz CT molecular complexity index is 291. The van der Waals surface area contributed by atoms with Crippen molar-refractivity contribution >= 4 is 21.6 Å². The molecule has 0 aliphatic carbocycles. The molecular formula is C12H18BrNO. The van der Waals surface area contributed by atoms with Gasteiger partial charge in [0.2, 0.25) is 0 Å². The number of unbranched alkanes of at least 4 members (excludes halogenated alkanes) is 1. The fourth-order valence-electron chi connectivity index (χ4n) is 1.46. The second-order valence-corrected chi connectivity index (χ2v) is 4.50. The van der Waals surface area contributed by atoms with E-state index in [0.717, 1.165) is 29.4 Å². The highest BCUT2D eigenvalue weighted by molar-refractivity contribution is 9.10. The molecule has 1 rings (SSSR count). The third-order valence-corrected chi connectivity index (χ3v) is 3.05. The molecule has 0 aromatic heterocycles. The lowest BCUT2D eigenvalue weighted by Gasteiger charge is -2.18. The predicted octanol–water partition coefficient (Wildman–Crippen LogP) is 3.41. The summed E-state index contributed by atoms with van der Waals surface area (Å²) < 4.78 is 1.04. The molecule has 0 aliphatic rings. The van der Waals surface area contributed by atoms with Crippen LogP contribution in [0.2, 0.25) is 0 Å². The van der Waals surface area contributed by atoms with E-state index in [1.54, 1.807) is 0 Å². The van der Waals surface area contributed by atoms with Gasteiger partial charge in [-0.3, -0.25) is 0 Å². The van der Waals surface area contributed by atoms with E-state index in [1.807, 2.05) is 24.3 Å². The van der Waals surface area contributed by atoms with Gasteiger partial charge in [0.25, 0.3) is 0 Å². The largest absolute Gasteiger partial charge is 0.394 e. The molecule has 84 valence electrons. The summed E-state index contributed by atoms with van der Waals surface area (Å²) in [5.41, 5.74) is 1.05. The minimum atomic E-state index is 0.156. The summed E-state index contributed by atoms with van der Waals surface area (Å²) in [6, 6.07) is 8.13. The van der Waals surface area contributed by atoms with Gasteiger partial charge >= 0.3 is 0 Å². The minimum Gasteiger partial charge on any atom is -0.394 e. The van der Waals surface area contributed by atoms with E-state index in [1.165, 1.54) is 0 Å². The topological polar surface area (TPSA) is 32.3 Å². The molecule has 0 amide bonds. The minimum absolute atomic E-state index is 0.156. The fourth-order valence-corrected chi connectivity index (χ4v) is 1.86. The van der Waals surface area contributed by atoms with Crippen molar-refractivity contribution in [3.05, 3.63) is 28.7 Å². The van der Waals surface area contributed by atoms with Crippen LogP contribution in [0.3, 0.4) is 0 Å². The Morgan fingerprint density at radius 1 is 1.40 bits per heavy atom. The van der Waals surface area contributed by atoms with Crippen LogP contribution in [0.5, 0.6) is 0 Å². The second kappa shape index (κ2) is 6.85. The van der Waals surface area contributed by atoms with Crippen molar-refractivity contribution in [2.45, 2.75) is 32.2 Å². The van der Waals surface area contributed by atoms with Crippen LogP contribution in [-0.2, 0) is 0 Å². The molecule has 0 saturated heterocycles. The molecular weight excluding hydrogens is 254 g/mol. The predicted molar refractivity (Wildman–Crippen MR) is 68.2 cm³/mol. The van der Waals surface area contributed by atoms with Crippen LogP contribution in [0.1, 0.15) is 26.2 Å². The molecule has 1 aromatic rings. The van der Waals surface area contributed by atoms with Crippen molar-refractivity contribution in [3.63, 3.8) is 0 Å². The molecule has 1 unspecified atom stereocenters. The van der Waals surface area contributed by atoms with Crippen LogP contribution in [0.15, 0.2) is 28.7 Å². The summed E-state index contributed by atoms with van der Waals surface area (Å²) in [5, 5.41) is 12.6. The first-order chi connectivity index (χ1) is 7.27. The molecule has 0 bridgehead atoms. The van der Waals surface area contributed by atoms with E-state index in [-0.39, 0.29) is 12.6 Å². The fraction of sp³-hybridized carbons (Fsp3) is 0.500. The number of anilines is 1. The van der Waals surface area contributed by atoms with Crippen LogP contribution in [0.25, 0.3) is 0 Å². The monoisotopic (exact) mass is 271 g/mol. The van der Waals surface area contributed by atoms with Crippen molar-refractivity contribution < 1.29 is 5.11 Å². The van der Waals surface area contributed by atoms with Crippen molar-refractivity contribution in [2.75, 3.05) is 11.9 Å². The zero-order chi connectivity index (χ0) is 11.1. The Balaban J connectivity index is 2.54. The van der Waals surface area contributed by atoms with Crippen LogP contribution >= 0.6 is 15.9 Å². The molecule has 0 aliphatic heterocycles. The number of halogens is 1. The summed E-state index contributed by atoms with van der Waals surface area (Å²) in [7, 11) is 0. The third-order valence-electron chi connectivity index (χ3n) is 2.36. The number of benzene rings is 1. The first-order valence-corrected chi connectivity index (χ1v) is 6.19. The van der Waals surface area contributed by atoms with Crippen LogP contribution in [-0.4, -0.2) is 17.8 Å². The van der Waals surface area contributed by atoms with Crippen LogP contribution in [0, 0.1) is 0 Å². The normalized spacial score (nSPS) is 12.5. The molecule has 0 fully saturated rings. The zero-order valence-electron chi connectivity index (χ0n) is 9.04. The maximum Gasteiger partial charge on any atom is 0.0632 e. The highest BCUT2D eigenvalue weighted by Gasteiger charge is 2.07. The third kappa shape index (κ3) is 4.22. The van der Waals surface area contributed by atoms with E-state index in [0.29, 0.717) is 0 Å². The maximum atomic E-state index is 9.23. The summed E-state index contributed by atoms with van der Waals surface area (Å²) in [5.74, 6) is 0. The standard InChI is InChI=1S/C12H18BrNO/c1-2-3-6-10(9-15)14-12-8-5-4-7-11(12)13/h4-5,7-8,10,14-15H,2-3,6,9H2,1H3. The average Bonchev–Trinajstić information content (AvgIpc) is 2.26. The molecule has 2 N–H and O–H groups in total. The number of rotatable bonds is 6. The van der Waals surface area contributed by atoms with Gasteiger partial charge in [0.05, 0.1) is 6.61 Å². The Labute approximate surface area is 99.8 Å². The lowest BCUT2D eigenvalue weighted by Crippen LogP contribution is -2.23. The van der Waals surface area contributed by atoms with Crippen molar-refractivity contribution in [1.82, 2.24) is 0 Å². The molecule has 1 aromatic carbocycles. The van der Waals surface area contributed by atoms with Crippen LogP contribution in [0.4, 0.5) is 5.69 Å². The van der Waals surface area contributed by atoms with Gasteiger partial charge in [-0.1, -0.05) is 31.9 Å². The number of hydrogen-bond donors (Lipinski definition) is 2. The summed E-state index contributed by atoms with van der Waals surface area (Å²) in [4.78, 5) is 0. The second-order valence-electron chi connectivity index (χ2n) is 3.65. The highest BCUT2D eigenvalue weighted by atomic mass is 79.9. The number of para-hydroxylation sites is 1. The number of nitrogens with one attached hydrogen (secondary N) is 1. The summed E-state index contributed by atoms with van der Waals surface area (Å²) in [6.45, 7) is 2.34.